The van der Waals surface area contributed by atoms with E-state index < -0.39 is 10.0 Å². The average Bonchev–Trinajstić information content (AvgIpc) is 3.34. The molecule has 4 aromatic rings. The molecule has 0 aliphatic heterocycles. The molecule has 0 atom stereocenters. The number of thiophene rings is 2. The van der Waals surface area contributed by atoms with Gasteiger partial charge in [0.2, 0.25) is 10.0 Å². The highest BCUT2D eigenvalue weighted by Crippen LogP contribution is 2.43. The van der Waals surface area contributed by atoms with E-state index in [2.05, 4.69) is 4.72 Å². The predicted molar refractivity (Wildman–Crippen MR) is 134 cm³/mol. The number of halogens is 4. The first-order valence-electron chi connectivity index (χ1n) is 8.82. The van der Waals surface area contributed by atoms with Crippen molar-refractivity contribution in [3.63, 3.8) is 0 Å². The number of benzene rings is 2. The van der Waals surface area contributed by atoms with Gasteiger partial charge >= 0.3 is 0 Å². The first-order chi connectivity index (χ1) is 14.7. The van der Waals surface area contributed by atoms with E-state index in [4.69, 9.17) is 46.4 Å². The van der Waals surface area contributed by atoms with Gasteiger partial charge < -0.3 is 0 Å². The van der Waals surface area contributed by atoms with Crippen LogP contribution in [0.25, 0.3) is 21.6 Å². The van der Waals surface area contributed by atoms with E-state index in [-0.39, 0.29) is 10.8 Å². The maximum atomic E-state index is 12.6. The molecule has 1 N–H and O–H groups in total. The summed E-state index contributed by atoms with van der Waals surface area (Å²) < 4.78 is 28.4. The Morgan fingerprint density at radius 3 is 2.13 bits per heavy atom. The lowest BCUT2D eigenvalue weighted by atomic mass is 10.0. The minimum absolute atomic E-state index is 0.133. The fraction of sp³-hybridized carbons (Fsp3) is 0.0476. The largest absolute Gasteiger partial charge is 0.250 e. The van der Waals surface area contributed by atoms with Crippen molar-refractivity contribution in [3.05, 3.63) is 84.9 Å². The van der Waals surface area contributed by atoms with Crippen LogP contribution >= 0.6 is 69.1 Å². The maximum absolute atomic E-state index is 12.6. The van der Waals surface area contributed by atoms with Crippen LogP contribution in [0, 0.1) is 0 Å². The number of nitrogens with one attached hydrogen (secondary N) is 1. The SMILES string of the molecule is O=S(=O)(NCc1cc(-c2ccc(Cl)cc2)c(-c2ccc(Cl)cc2Cl)s1)c1ccc(Cl)s1. The Kier molecular flexibility index (Phi) is 7.01. The molecule has 0 fully saturated rings. The Labute approximate surface area is 208 Å². The lowest BCUT2D eigenvalue weighted by Gasteiger charge is -2.07. The summed E-state index contributed by atoms with van der Waals surface area (Å²) in [6.45, 7) is 0.133. The predicted octanol–water partition coefficient (Wildman–Crippen LogP) is 8.24. The van der Waals surface area contributed by atoms with Crippen molar-refractivity contribution in [3.8, 4) is 21.6 Å². The van der Waals surface area contributed by atoms with Crippen molar-refractivity contribution in [1.82, 2.24) is 4.72 Å². The van der Waals surface area contributed by atoms with E-state index in [0.29, 0.717) is 19.4 Å². The van der Waals surface area contributed by atoms with Gasteiger partial charge in [-0.2, -0.15) is 0 Å². The van der Waals surface area contributed by atoms with Crippen LogP contribution in [0.5, 0.6) is 0 Å². The summed E-state index contributed by atoms with van der Waals surface area (Å²) in [7, 11) is -3.66. The smallest absolute Gasteiger partial charge is 0.206 e. The van der Waals surface area contributed by atoms with Crippen LogP contribution in [-0.4, -0.2) is 8.42 Å². The molecule has 0 amide bonds. The summed E-state index contributed by atoms with van der Waals surface area (Å²) in [5, 5.41) is 1.69. The topological polar surface area (TPSA) is 46.2 Å². The molecular formula is C21H13Cl4NO2S3. The number of sulfonamides is 1. The lowest BCUT2D eigenvalue weighted by molar-refractivity contribution is 0.584. The number of rotatable bonds is 6. The highest BCUT2D eigenvalue weighted by Gasteiger charge is 2.19. The standard InChI is InChI=1S/C21H13Cl4NO2S3/c22-13-3-1-12(2-4-13)17-10-15(11-26-31(27,28)20-8-7-19(25)30-20)29-21(17)16-6-5-14(23)9-18(16)24/h1-10,26H,11H2. The molecule has 31 heavy (non-hydrogen) atoms. The van der Waals surface area contributed by atoms with Gasteiger partial charge in [0.05, 0.1) is 9.36 Å². The molecule has 3 nitrogen and oxygen atoms in total. The Hall–Kier alpha value is -1.09. The molecule has 0 bridgehead atoms. The van der Waals surface area contributed by atoms with Gasteiger partial charge in [0, 0.05) is 37.5 Å². The fourth-order valence-corrected chi connectivity index (χ4v) is 7.39. The summed E-state index contributed by atoms with van der Waals surface area (Å²) in [5.74, 6) is 0. The summed E-state index contributed by atoms with van der Waals surface area (Å²) in [6, 6.07) is 17.8. The highest BCUT2D eigenvalue weighted by molar-refractivity contribution is 7.91. The Morgan fingerprint density at radius 1 is 0.774 bits per heavy atom. The molecule has 2 aromatic heterocycles. The molecule has 0 saturated carbocycles. The first-order valence-corrected chi connectivity index (χ1v) is 13.4. The van der Waals surface area contributed by atoms with E-state index in [1.165, 1.54) is 17.4 Å². The van der Waals surface area contributed by atoms with Crippen molar-refractivity contribution >= 4 is 79.1 Å². The van der Waals surface area contributed by atoms with Crippen LogP contribution in [0.4, 0.5) is 0 Å². The van der Waals surface area contributed by atoms with Gasteiger partial charge in [0.25, 0.3) is 0 Å². The van der Waals surface area contributed by atoms with E-state index in [9.17, 15) is 8.42 Å². The van der Waals surface area contributed by atoms with Gasteiger partial charge in [-0.05, 0) is 48.0 Å². The molecule has 10 heteroatoms. The molecule has 0 spiro atoms. The second kappa shape index (κ2) is 9.41. The van der Waals surface area contributed by atoms with Gasteiger partial charge in [-0.3, -0.25) is 0 Å². The lowest BCUT2D eigenvalue weighted by Crippen LogP contribution is -2.21. The average molecular weight is 549 g/mol. The van der Waals surface area contributed by atoms with E-state index >= 15 is 0 Å². The normalized spacial score (nSPS) is 11.7. The molecule has 0 radical (unpaired) electrons. The minimum atomic E-state index is -3.66. The van der Waals surface area contributed by atoms with Gasteiger partial charge in [-0.25, -0.2) is 13.1 Å². The third kappa shape index (κ3) is 5.29. The summed E-state index contributed by atoms with van der Waals surface area (Å²) in [5.41, 5.74) is 2.69. The molecule has 2 aromatic carbocycles. The zero-order valence-electron chi connectivity index (χ0n) is 15.5. The van der Waals surface area contributed by atoms with E-state index in [0.717, 1.165) is 37.8 Å². The van der Waals surface area contributed by atoms with Crippen molar-refractivity contribution in [2.75, 3.05) is 0 Å². The Bertz CT molecular complexity index is 1350. The van der Waals surface area contributed by atoms with Crippen molar-refractivity contribution in [2.24, 2.45) is 0 Å². The molecule has 4 rings (SSSR count). The van der Waals surface area contributed by atoms with Crippen LogP contribution in [0.3, 0.4) is 0 Å². The summed E-state index contributed by atoms with van der Waals surface area (Å²) in [6.07, 6.45) is 0. The Balaban J connectivity index is 1.72. The van der Waals surface area contributed by atoms with Gasteiger partial charge in [0.15, 0.2) is 0 Å². The second-order valence-corrected chi connectivity index (χ2v) is 12.6. The molecule has 2 heterocycles. The van der Waals surface area contributed by atoms with Gasteiger partial charge in [0.1, 0.15) is 4.21 Å². The zero-order chi connectivity index (χ0) is 22.2. The highest BCUT2D eigenvalue weighted by atomic mass is 35.5. The third-order valence-corrected chi connectivity index (χ3v) is 9.46. The van der Waals surface area contributed by atoms with E-state index in [1.807, 2.05) is 36.4 Å². The molecular weight excluding hydrogens is 536 g/mol. The van der Waals surface area contributed by atoms with Crippen LogP contribution in [-0.2, 0) is 16.6 Å². The van der Waals surface area contributed by atoms with Crippen molar-refractivity contribution < 1.29 is 8.42 Å². The summed E-state index contributed by atoms with van der Waals surface area (Å²) in [4.78, 5) is 1.74. The number of hydrogen-bond acceptors (Lipinski definition) is 4. The van der Waals surface area contributed by atoms with Crippen LogP contribution < -0.4 is 4.72 Å². The van der Waals surface area contributed by atoms with Crippen LogP contribution in [0.15, 0.2) is 64.9 Å². The minimum Gasteiger partial charge on any atom is -0.206 e. The van der Waals surface area contributed by atoms with Gasteiger partial charge in [-0.15, -0.1) is 22.7 Å². The van der Waals surface area contributed by atoms with Crippen molar-refractivity contribution in [2.45, 2.75) is 10.8 Å². The molecule has 0 saturated heterocycles. The first kappa shape index (κ1) is 23.1. The van der Waals surface area contributed by atoms with Crippen LogP contribution in [0.2, 0.25) is 19.4 Å². The quantitative estimate of drug-likeness (QED) is 0.263. The zero-order valence-corrected chi connectivity index (χ0v) is 21.0. The third-order valence-electron chi connectivity index (χ3n) is 4.36. The maximum Gasteiger partial charge on any atom is 0.250 e. The van der Waals surface area contributed by atoms with Crippen LogP contribution in [0.1, 0.15) is 4.88 Å². The van der Waals surface area contributed by atoms with Gasteiger partial charge in [-0.1, -0.05) is 64.6 Å². The molecule has 0 aliphatic carbocycles. The second-order valence-electron chi connectivity index (χ2n) is 6.47. The van der Waals surface area contributed by atoms with Crippen molar-refractivity contribution in [1.29, 1.82) is 0 Å². The molecule has 0 unspecified atom stereocenters. The monoisotopic (exact) mass is 547 g/mol. The number of hydrogen-bond donors (Lipinski definition) is 1. The molecule has 160 valence electrons. The summed E-state index contributed by atoms with van der Waals surface area (Å²) >= 11 is 26.9. The Morgan fingerprint density at radius 2 is 1.48 bits per heavy atom. The van der Waals surface area contributed by atoms with E-state index in [1.54, 1.807) is 18.2 Å². The molecule has 0 aliphatic rings. The fourth-order valence-electron chi connectivity index (χ4n) is 2.93.